The van der Waals surface area contributed by atoms with E-state index in [9.17, 15) is 4.79 Å². The SMILES string of the molecule is CCn1cccc(-c2ccccc2)c1=O. The molecule has 0 atom stereocenters. The van der Waals surface area contributed by atoms with Crippen LogP contribution in [0.25, 0.3) is 11.1 Å². The van der Waals surface area contributed by atoms with Crippen LogP contribution < -0.4 is 5.56 Å². The molecule has 0 spiro atoms. The Labute approximate surface area is 88.8 Å². The molecular formula is C13H13NO. The monoisotopic (exact) mass is 199 g/mol. The van der Waals surface area contributed by atoms with Gasteiger partial charge in [0.25, 0.3) is 5.56 Å². The lowest BCUT2D eigenvalue weighted by Crippen LogP contribution is -2.19. The van der Waals surface area contributed by atoms with Gasteiger partial charge in [0.1, 0.15) is 0 Å². The van der Waals surface area contributed by atoms with Gasteiger partial charge in [0.2, 0.25) is 0 Å². The second kappa shape index (κ2) is 4.13. The highest BCUT2D eigenvalue weighted by Crippen LogP contribution is 2.13. The minimum Gasteiger partial charge on any atom is -0.315 e. The highest BCUT2D eigenvalue weighted by molar-refractivity contribution is 5.61. The van der Waals surface area contributed by atoms with E-state index in [4.69, 9.17) is 0 Å². The molecule has 76 valence electrons. The van der Waals surface area contributed by atoms with E-state index >= 15 is 0 Å². The van der Waals surface area contributed by atoms with Crippen molar-refractivity contribution in [2.24, 2.45) is 0 Å². The molecule has 1 heterocycles. The van der Waals surface area contributed by atoms with E-state index in [0.29, 0.717) is 6.54 Å². The van der Waals surface area contributed by atoms with Crippen LogP contribution in [0.3, 0.4) is 0 Å². The zero-order valence-electron chi connectivity index (χ0n) is 8.68. The lowest BCUT2D eigenvalue weighted by molar-refractivity contribution is 0.729. The molecule has 0 aliphatic carbocycles. The van der Waals surface area contributed by atoms with Gasteiger partial charge in [-0.15, -0.1) is 0 Å². The number of pyridine rings is 1. The molecule has 0 aliphatic heterocycles. The molecule has 0 N–H and O–H groups in total. The van der Waals surface area contributed by atoms with Gasteiger partial charge in [-0.25, -0.2) is 0 Å². The minimum absolute atomic E-state index is 0.0752. The standard InChI is InChI=1S/C13H13NO/c1-2-14-10-6-9-12(13(14)15)11-7-4-3-5-8-11/h3-10H,2H2,1H3. The summed E-state index contributed by atoms with van der Waals surface area (Å²) < 4.78 is 1.71. The Bertz CT molecular complexity index is 499. The number of rotatable bonds is 2. The van der Waals surface area contributed by atoms with Crippen LogP contribution in [0.5, 0.6) is 0 Å². The Kier molecular flexibility index (Phi) is 2.68. The normalized spacial score (nSPS) is 10.2. The molecule has 0 bridgehead atoms. The van der Waals surface area contributed by atoms with Gasteiger partial charge in [-0.1, -0.05) is 30.3 Å². The van der Waals surface area contributed by atoms with Crippen LogP contribution in [0, 0.1) is 0 Å². The van der Waals surface area contributed by atoms with E-state index in [1.807, 2.05) is 55.6 Å². The fraction of sp³-hybridized carbons (Fsp3) is 0.154. The number of aryl methyl sites for hydroxylation is 1. The van der Waals surface area contributed by atoms with E-state index < -0.39 is 0 Å². The zero-order valence-corrected chi connectivity index (χ0v) is 8.68. The first-order chi connectivity index (χ1) is 7.33. The number of benzene rings is 1. The van der Waals surface area contributed by atoms with Crippen LogP contribution in [0.15, 0.2) is 53.5 Å². The molecule has 2 heteroatoms. The van der Waals surface area contributed by atoms with E-state index in [2.05, 4.69) is 0 Å². The molecule has 0 unspecified atom stereocenters. The summed E-state index contributed by atoms with van der Waals surface area (Å²) in [4.78, 5) is 12.0. The third kappa shape index (κ3) is 1.84. The molecule has 0 radical (unpaired) electrons. The third-order valence-corrected chi connectivity index (χ3v) is 2.45. The second-order valence-electron chi connectivity index (χ2n) is 3.38. The third-order valence-electron chi connectivity index (χ3n) is 2.45. The van der Waals surface area contributed by atoms with E-state index in [-0.39, 0.29) is 5.56 Å². The molecule has 2 nitrogen and oxygen atoms in total. The van der Waals surface area contributed by atoms with E-state index in [0.717, 1.165) is 11.1 Å². The highest BCUT2D eigenvalue weighted by atomic mass is 16.1. The van der Waals surface area contributed by atoms with Gasteiger partial charge < -0.3 is 4.57 Å². The first-order valence-electron chi connectivity index (χ1n) is 5.08. The summed E-state index contributed by atoms with van der Waals surface area (Å²) in [6.07, 6.45) is 1.81. The Morgan fingerprint density at radius 3 is 2.47 bits per heavy atom. The first-order valence-corrected chi connectivity index (χ1v) is 5.08. The molecule has 2 aromatic rings. The topological polar surface area (TPSA) is 22.0 Å². The van der Waals surface area contributed by atoms with Gasteiger partial charge >= 0.3 is 0 Å². The summed E-state index contributed by atoms with van der Waals surface area (Å²) in [5.41, 5.74) is 1.82. The number of hydrogen-bond donors (Lipinski definition) is 0. The van der Waals surface area contributed by atoms with Crippen molar-refractivity contribution in [3.05, 3.63) is 59.0 Å². The lowest BCUT2D eigenvalue weighted by Gasteiger charge is -2.04. The van der Waals surface area contributed by atoms with Gasteiger partial charge in [-0.3, -0.25) is 4.79 Å². The largest absolute Gasteiger partial charge is 0.315 e. The van der Waals surface area contributed by atoms with Gasteiger partial charge in [-0.2, -0.15) is 0 Å². The predicted octanol–water partition coefficient (Wildman–Crippen LogP) is 2.54. The summed E-state index contributed by atoms with van der Waals surface area (Å²) in [6, 6.07) is 13.5. The molecule has 0 aliphatic rings. The van der Waals surface area contributed by atoms with Crippen LogP contribution >= 0.6 is 0 Å². The van der Waals surface area contributed by atoms with Crippen molar-refractivity contribution in [2.75, 3.05) is 0 Å². The second-order valence-corrected chi connectivity index (χ2v) is 3.38. The number of aromatic nitrogens is 1. The van der Waals surface area contributed by atoms with Crippen LogP contribution in [0.2, 0.25) is 0 Å². The molecule has 15 heavy (non-hydrogen) atoms. The van der Waals surface area contributed by atoms with E-state index in [1.54, 1.807) is 4.57 Å². The summed E-state index contributed by atoms with van der Waals surface area (Å²) in [6.45, 7) is 2.68. The fourth-order valence-corrected chi connectivity index (χ4v) is 1.62. The summed E-state index contributed by atoms with van der Waals surface area (Å²) in [7, 11) is 0. The smallest absolute Gasteiger partial charge is 0.258 e. The molecule has 1 aromatic heterocycles. The van der Waals surface area contributed by atoms with Crippen molar-refractivity contribution in [2.45, 2.75) is 13.5 Å². The van der Waals surface area contributed by atoms with Gasteiger partial charge in [0, 0.05) is 18.3 Å². The number of nitrogens with zero attached hydrogens (tertiary/aromatic N) is 1. The van der Waals surface area contributed by atoms with Crippen LogP contribution in [0.4, 0.5) is 0 Å². The molecule has 0 fully saturated rings. The first kappa shape index (κ1) is 9.71. The van der Waals surface area contributed by atoms with Crippen LogP contribution in [0.1, 0.15) is 6.92 Å². The molecule has 0 amide bonds. The van der Waals surface area contributed by atoms with Gasteiger partial charge in [-0.05, 0) is 24.6 Å². The zero-order chi connectivity index (χ0) is 10.7. The maximum absolute atomic E-state index is 12.0. The van der Waals surface area contributed by atoms with E-state index in [1.165, 1.54) is 0 Å². The Morgan fingerprint density at radius 2 is 1.80 bits per heavy atom. The number of hydrogen-bond acceptors (Lipinski definition) is 1. The minimum atomic E-state index is 0.0752. The average molecular weight is 199 g/mol. The molecular weight excluding hydrogens is 186 g/mol. The van der Waals surface area contributed by atoms with Crippen molar-refractivity contribution in [1.82, 2.24) is 4.57 Å². The lowest BCUT2D eigenvalue weighted by atomic mass is 10.1. The highest BCUT2D eigenvalue weighted by Gasteiger charge is 2.03. The molecule has 1 aromatic carbocycles. The molecule has 0 saturated carbocycles. The predicted molar refractivity (Wildman–Crippen MR) is 61.8 cm³/mol. The Morgan fingerprint density at radius 1 is 1.07 bits per heavy atom. The summed E-state index contributed by atoms with van der Waals surface area (Å²) >= 11 is 0. The fourth-order valence-electron chi connectivity index (χ4n) is 1.62. The average Bonchev–Trinajstić information content (AvgIpc) is 2.30. The van der Waals surface area contributed by atoms with Gasteiger partial charge in [0.15, 0.2) is 0 Å². The molecule has 0 saturated heterocycles. The van der Waals surface area contributed by atoms with Crippen molar-refractivity contribution in [3.8, 4) is 11.1 Å². The van der Waals surface area contributed by atoms with Crippen molar-refractivity contribution in [3.63, 3.8) is 0 Å². The van der Waals surface area contributed by atoms with Crippen LogP contribution in [-0.4, -0.2) is 4.57 Å². The summed E-state index contributed by atoms with van der Waals surface area (Å²) in [5.74, 6) is 0. The van der Waals surface area contributed by atoms with Crippen molar-refractivity contribution in [1.29, 1.82) is 0 Å². The quantitative estimate of drug-likeness (QED) is 0.728. The Balaban J connectivity index is 2.60. The maximum Gasteiger partial charge on any atom is 0.258 e. The summed E-state index contributed by atoms with van der Waals surface area (Å²) in [5, 5.41) is 0. The van der Waals surface area contributed by atoms with Gasteiger partial charge in [0.05, 0.1) is 0 Å². The maximum atomic E-state index is 12.0. The van der Waals surface area contributed by atoms with Crippen molar-refractivity contribution < 1.29 is 0 Å². The van der Waals surface area contributed by atoms with Crippen molar-refractivity contribution >= 4 is 0 Å². The molecule has 2 rings (SSSR count). The Hall–Kier alpha value is -1.83. The van der Waals surface area contributed by atoms with Crippen LogP contribution in [-0.2, 0) is 6.54 Å².